The van der Waals surface area contributed by atoms with Crippen LogP contribution in [-0.2, 0) is 28.6 Å². The standard InChI is InChI=1S/C67H114O6/c1-4-7-10-13-16-19-22-25-28-30-32-33-35-36-39-42-45-48-51-54-57-60-66(69)72-63-64(62-71-65(68)59-56-53-50-47-44-41-38-27-24-21-18-15-12-9-6-3)73-67(70)61-58-55-52-49-46-43-40-37-34-31-29-26-23-20-17-14-11-8-5-2/h9,12,17-18,20-22,25-27,29-30,32,34,37-38,64H,4-8,10-11,13-16,19,23-24,28,31,33,35-36,39-63H2,1-3H3/b12-9-,20-17-,21-18-,25-22-,29-26-,32-30-,37-34-,38-27-. The molecule has 0 aliphatic carbocycles. The molecule has 0 fully saturated rings. The topological polar surface area (TPSA) is 78.9 Å². The van der Waals surface area contributed by atoms with E-state index in [2.05, 4.69) is 118 Å². The van der Waals surface area contributed by atoms with Crippen molar-refractivity contribution in [2.45, 2.75) is 297 Å². The van der Waals surface area contributed by atoms with Gasteiger partial charge in [0.25, 0.3) is 0 Å². The SMILES string of the molecule is CC/C=C\C/C=C\C/C=C\CCCCCCCC(=O)OCC(COC(=O)CCCCCCCCCCC/C=C\C/C=C\CCCCCCC)OC(=O)CCCCCCCC/C=C\C/C=C\C/C=C\CCCCC. The summed E-state index contributed by atoms with van der Waals surface area (Å²) >= 11 is 0. The quantitative estimate of drug-likeness (QED) is 0.0261. The average molecular weight is 1020 g/mol. The first-order chi connectivity index (χ1) is 36.0. The lowest BCUT2D eigenvalue weighted by atomic mass is 10.1. The Balaban J connectivity index is 4.42. The number of hydrogen-bond donors (Lipinski definition) is 0. The van der Waals surface area contributed by atoms with E-state index in [4.69, 9.17) is 14.2 Å². The summed E-state index contributed by atoms with van der Waals surface area (Å²) in [6, 6.07) is 0. The van der Waals surface area contributed by atoms with E-state index in [1.54, 1.807) is 0 Å². The summed E-state index contributed by atoms with van der Waals surface area (Å²) in [5.41, 5.74) is 0. The highest BCUT2D eigenvalue weighted by atomic mass is 16.6. The Hall–Kier alpha value is -3.67. The summed E-state index contributed by atoms with van der Waals surface area (Å²) in [6.45, 7) is 6.48. The number of rotatable bonds is 55. The molecule has 0 radical (unpaired) electrons. The van der Waals surface area contributed by atoms with Crippen molar-refractivity contribution in [1.82, 2.24) is 0 Å². The first-order valence-electron chi connectivity index (χ1n) is 30.7. The van der Waals surface area contributed by atoms with Crippen molar-refractivity contribution in [2.75, 3.05) is 13.2 Å². The maximum absolute atomic E-state index is 12.9. The summed E-state index contributed by atoms with van der Waals surface area (Å²) in [6.07, 6.45) is 81.1. The molecule has 0 aromatic carbocycles. The van der Waals surface area contributed by atoms with Gasteiger partial charge in [-0.1, -0.05) is 246 Å². The zero-order chi connectivity index (χ0) is 52.9. The van der Waals surface area contributed by atoms with Crippen molar-refractivity contribution >= 4 is 17.9 Å². The highest BCUT2D eigenvalue weighted by molar-refractivity contribution is 5.71. The Bertz CT molecular complexity index is 1440. The van der Waals surface area contributed by atoms with Gasteiger partial charge in [-0.3, -0.25) is 14.4 Å². The third-order valence-corrected chi connectivity index (χ3v) is 13.0. The Morgan fingerprint density at radius 3 is 0.863 bits per heavy atom. The van der Waals surface area contributed by atoms with Gasteiger partial charge in [-0.05, 0) is 122 Å². The molecule has 73 heavy (non-hydrogen) atoms. The van der Waals surface area contributed by atoms with Crippen molar-refractivity contribution in [1.29, 1.82) is 0 Å². The largest absolute Gasteiger partial charge is 0.462 e. The van der Waals surface area contributed by atoms with E-state index in [0.717, 1.165) is 128 Å². The molecule has 0 aromatic heterocycles. The van der Waals surface area contributed by atoms with Crippen LogP contribution in [0.25, 0.3) is 0 Å². The number of esters is 3. The number of carbonyl (C=O) groups is 3. The van der Waals surface area contributed by atoms with Crippen LogP contribution in [0.15, 0.2) is 97.2 Å². The van der Waals surface area contributed by atoms with E-state index in [-0.39, 0.29) is 31.1 Å². The lowest BCUT2D eigenvalue weighted by Gasteiger charge is -2.18. The van der Waals surface area contributed by atoms with Gasteiger partial charge in [0.2, 0.25) is 0 Å². The van der Waals surface area contributed by atoms with Crippen molar-refractivity contribution < 1.29 is 28.6 Å². The van der Waals surface area contributed by atoms with Crippen molar-refractivity contribution in [3.63, 3.8) is 0 Å². The molecule has 0 aromatic rings. The van der Waals surface area contributed by atoms with Crippen molar-refractivity contribution in [2.24, 2.45) is 0 Å². The summed E-state index contributed by atoms with van der Waals surface area (Å²) in [4.78, 5) is 38.3. The Morgan fingerprint density at radius 2 is 0.534 bits per heavy atom. The zero-order valence-electron chi connectivity index (χ0n) is 47.9. The van der Waals surface area contributed by atoms with Gasteiger partial charge in [-0.2, -0.15) is 0 Å². The van der Waals surface area contributed by atoms with Crippen LogP contribution in [0.5, 0.6) is 0 Å². The van der Waals surface area contributed by atoms with Gasteiger partial charge in [0.1, 0.15) is 13.2 Å². The number of carbonyl (C=O) groups excluding carboxylic acids is 3. The van der Waals surface area contributed by atoms with E-state index in [1.165, 1.54) is 122 Å². The first-order valence-corrected chi connectivity index (χ1v) is 30.7. The van der Waals surface area contributed by atoms with Crippen molar-refractivity contribution in [3.8, 4) is 0 Å². The highest BCUT2D eigenvalue weighted by Crippen LogP contribution is 2.15. The van der Waals surface area contributed by atoms with Gasteiger partial charge in [0, 0.05) is 19.3 Å². The van der Waals surface area contributed by atoms with Crippen LogP contribution in [0.4, 0.5) is 0 Å². The number of ether oxygens (including phenoxy) is 3. The molecule has 418 valence electrons. The zero-order valence-corrected chi connectivity index (χ0v) is 47.9. The summed E-state index contributed by atoms with van der Waals surface area (Å²) in [5.74, 6) is -0.918. The van der Waals surface area contributed by atoms with Crippen LogP contribution in [0.1, 0.15) is 290 Å². The van der Waals surface area contributed by atoms with Gasteiger partial charge in [0.05, 0.1) is 0 Å². The summed E-state index contributed by atoms with van der Waals surface area (Å²) in [5, 5.41) is 0. The van der Waals surface area contributed by atoms with Crippen molar-refractivity contribution in [3.05, 3.63) is 97.2 Å². The van der Waals surface area contributed by atoms with Gasteiger partial charge in [-0.15, -0.1) is 0 Å². The third kappa shape index (κ3) is 59.1. The maximum atomic E-state index is 12.9. The lowest BCUT2D eigenvalue weighted by molar-refractivity contribution is -0.167. The normalized spacial score (nSPS) is 12.8. The molecule has 1 atom stereocenters. The maximum Gasteiger partial charge on any atom is 0.306 e. The van der Waals surface area contributed by atoms with Gasteiger partial charge in [-0.25, -0.2) is 0 Å². The molecule has 0 saturated carbocycles. The fraction of sp³-hybridized carbons (Fsp3) is 0.716. The Labute approximate surface area is 451 Å². The molecular formula is C67H114O6. The lowest BCUT2D eigenvalue weighted by Crippen LogP contribution is -2.30. The smallest absolute Gasteiger partial charge is 0.306 e. The Morgan fingerprint density at radius 1 is 0.288 bits per heavy atom. The number of hydrogen-bond acceptors (Lipinski definition) is 6. The minimum Gasteiger partial charge on any atom is -0.462 e. The Kier molecular flexibility index (Phi) is 57.8. The van der Waals surface area contributed by atoms with E-state index < -0.39 is 6.10 Å². The third-order valence-electron chi connectivity index (χ3n) is 13.0. The second-order valence-corrected chi connectivity index (χ2v) is 20.2. The summed E-state index contributed by atoms with van der Waals surface area (Å²) in [7, 11) is 0. The molecular weight excluding hydrogens is 901 g/mol. The molecule has 0 N–H and O–H groups in total. The van der Waals surface area contributed by atoms with Crippen LogP contribution >= 0.6 is 0 Å². The second kappa shape index (κ2) is 60.9. The molecule has 0 rings (SSSR count). The van der Waals surface area contributed by atoms with E-state index in [9.17, 15) is 14.4 Å². The average Bonchev–Trinajstić information content (AvgIpc) is 3.39. The molecule has 0 heterocycles. The molecule has 0 aliphatic rings. The van der Waals surface area contributed by atoms with E-state index in [1.807, 2.05) is 0 Å². The minimum absolute atomic E-state index is 0.0910. The molecule has 6 heteroatoms. The molecule has 0 spiro atoms. The van der Waals surface area contributed by atoms with Gasteiger partial charge < -0.3 is 14.2 Å². The molecule has 0 saturated heterocycles. The fourth-order valence-corrected chi connectivity index (χ4v) is 8.44. The fourth-order valence-electron chi connectivity index (χ4n) is 8.44. The van der Waals surface area contributed by atoms with E-state index >= 15 is 0 Å². The van der Waals surface area contributed by atoms with Gasteiger partial charge >= 0.3 is 17.9 Å². The van der Waals surface area contributed by atoms with Crippen LogP contribution in [0.2, 0.25) is 0 Å². The monoisotopic (exact) mass is 1010 g/mol. The number of allylic oxidation sites excluding steroid dienone is 16. The predicted molar refractivity (Wildman–Crippen MR) is 316 cm³/mol. The molecule has 0 bridgehead atoms. The first kappa shape index (κ1) is 69.3. The van der Waals surface area contributed by atoms with Crippen LogP contribution in [0, 0.1) is 0 Å². The van der Waals surface area contributed by atoms with Crippen LogP contribution in [0.3, 0.4) is 0 Å². The predicted octanol–water partition coefficient (Wildman–Crippen LogP) is 20.9. The molecule has 0 aliphatic heterocycles. The molecule has 0 amide bonds. The second-order valence-electron chi connectivity index (χ2n) is 20.2. The summed E-state index contributed by atoms with van der Waals surface area (Å²) < 4.78 is 16.9. The van der Waals surface area contributed by atoms with E-state index in [0.29, 0.717) is 19.3 Å². The highest BCUT2D eigenvalue weighted by Gasteiger charge is 2.19. The molecule has 1 unspecified atom stereocenters. The molecule has 6 nitrogen and oxygen atoms in total. The minimum atomic E-state index is -0.796. The van der Waals surface area contributed by atoms with Gasteiger partial charge in [0.15, 0.2) is 6.10 Å². The van der Waals surface area contributed by atoms with Crippen LogP contribution in [-0.4, -0.2) is 37.2 Å². The van der Waals surface area contributed by atoms with Crippen LogP contribution < -0.4 is 0 Å². The number of unbranched alkanes of at least 4 members (excludes halogenated alkanes) is 28.